The number of carbonyl (C=O) groups excluding carboxylic acids is 2. The van der Waals surface area contributed by atoms with Gasteiger partial charge in [0, 0.05) is 31.2 Å². The molecule has 2 amide bonds. The summed E-state index contributed by atoms with van der Waals surface area (Å²) < 4.78 is 5.33. The molecule has 0 bridgehead atoms. The van der Waals surface area contributed by atoms with Crippen LogP contribution < -0.4 is 20.3 Å². The molecule has 6 nitrogen and oxygen atoms in total. The van der Waals surface area contributed by atoms with Crippen molar-refractivity contribution in [3.63, 3.8) is 0 Å². The minimum atomic E-state index is -0.727. The van der Waals surface area contributed by atoms with Gasteiger partial charge in [0.2, 0.25) is 0 Å². The molecular weight excluding hydrogens is 306 g/mol. The van der Waals surface area contributed by atoms with Crippen LogP contribution in [-0.4, -0.2) is 32.5 Å². The average Bonchev–Trinajstić information content (AvgIpc) is 2.57. The number of nitrogens with one attached hydrogen (secondary N) is 2. The van der Waals surface area contributed by atoms with E-state index in [1.165, 1.54) is 0 Å². The first-order chi connectivity index (χ1) is 11.5. The fraction of sp³-hybridized carbons (Fsp3) is 0.222. The number of rotatable bonds is 5. The topological polar surface area (TPSA) is 70.7 Å². The summed E-state index contributed by atoms with van der Waals surface area (Å²) in [5.74, 6) is -0.741. The summed E-state index contributed by atoms with van der Waals surface area (Å²) in [5, 5.41) is 5.14. The van der Waals surface area contributed by atoms with Gasteiger partial charge in [-0.1, -0.05) is 6.07 Å². The van der Waals surface area contributed by atoms with Crippen molar-refractivity contribution in [2.45, 2.75) is 6.92 Å². The van der Waals surface area contributed by atoms with E-state index >= 15 is 0 Å². The van der Waals surface area contributed by atoms with E-state index in [2.05, 4.69) is 10.6 Å². The van der Waals surface area contributed by atoms with Crippen molar-refractivity contribution in [3.8, 4) is 5.75 Å². The molecule has 0 radical (unpaired) electrons. The fourth-order valence-corrected chi connectivity index (χ4v) is 2.04. The Morgan fingerprint density at radius 2 is 1.58 bits per heavy atom. The van der Waals surface area contributed by atoms with Crippen molar-refractivity contribution in [2.75, 3.05) is 36.2 Å². The molecule has 0 aliphatic heterocycles. The Labute approximate surface area is 141 Å². The van der Waals surface area contributed by atoms with E-state index in [-0.39, 0.29) is 0 Å². The normalized spacial score (nSPS) is 9.96. The third-order valence-electron chi connectivity index (χ3n) is 3.25. The number of anilines is 3. The minimum absolute atomic E-state index is 0.528. The van der Waals surface area contributed by atoms with Gasteiger partial charge in [-0.3, -0.25) is 9.59 Å². The number of nitrogens with zero attached hydrogens (tertiary/aromatic N) is 1. The van der Waals surface area contributed by atoms with E-state index < -0.39 is 11.8 Å². The first-order valence-corrected chi connectivity index (χ1v) is 7.62. The molecule has 0 aliphatic carbocycles. The van der Waals surface area contributed by atoms with Crippen LogP contribution in [0, 0.1) is 0 Å². The highest BCUT2D eigenvalue weighted by atomic mass is 16.5. The second kappa shape index (κ2) is 8.01. The first kappa shape index (κ1) is 17.3. The second-order valence-electron chi connectivity index (χ2n) is 5.31. The van der Waals surface area contributed by atoms with E-state index in [0.717, 1.165) is 5.69 Å². The van der Waals surface area contributed by atoms with Crippen LogP contribution in [0.25, 0.3) is 0 Å². The Morgan fingerprint density at radius 3 is 2.17 bits per heavy atom. The predicted molar refractivity (Wildman–Crippen MR) is 95.6 cm³/mol. The van der Waals surface area contributed by atoms with Gasteiger partial charge in [-0.2, -0.15) is 0 Å². The average molecular weight is 327 g/mol. The lowest BCUT2D eigenvalue weighted by Crippen LogP contribution is -2.29. The summed E-state index contributed by atoms with van der Waals surface area (Å²) in [7, 11) is 3.80. The highest BCUT2D eigenvalue weighted by Gasteiger charge is 2.14. The molecule has 0 fully saturated rings. The molecule has 2 aromatic rings. The molecular formula is C18H21N3O3. The first-order valence-electron chi connectivity index (χ1n) is 7.62. The van der Waals surface area contributed by atoms with Gasteiger partial charge in [-0.15, -0.1) is 0 Å². The monoisotopic (exact) mass is 327 g/mol. The fourth-order valence-electron chi connectivity index (χ4n) is 2.04. The van der Waals surface area contributed by atoms with E-state index in [9.17, 15) is 9.59 Å². The summed E-state index contributed by atoms with van der Waals surface area (Å²) in [6, 6.07) is 14.1. The van der Waals surface area contributed by atoms with Crippen LogP contribution in [0.4, 0.5) is 17.1 Å². The second-order valence-corrected chi connectivity index (χ2v) is 5.31. The lowest BCUT2D eigenvalue weighted by Gasteiger charge is -2.14. The number of hydrogen-bond acceptors (Lipinski definition) is 4. The molecule has 6 heteroatoms. The van der Waals surface area contributed by atoms with Gasteiger partial charge in [0.25, 0.3) is 0 Å². The zero-order valence-electron chi connectivity index (χ0n) is 14.0. The van der Waals surface area contributed by atoms with Gasteiger partial charge in [0.15, 0.2) is 0 Å². The molecule has 0 unspecified atom stereocenters. The lowest BCUT2D eigenvalue weighted by molar-refractivity contribution is -0.132. The molecule has 2 N–H and O–H groups in total. The number of hydrogen-bond donors (Lipinski definition) is 2. The summed E-state index contributed by atoms with van der Waals surface area (Å²) in [6.45, 7) is 2.46. The van der Waals surface area contributed by atoms with Crippen molar-refractivity contribution in [1.29, 1.82) is 0 Å². The maximum Gasteiger partial charge on any atom is 0.314 e. The van der Waals surface area contributed by atoms with Crippen LogP contribution in [0.5, 0.6) is 5.75 Å². The SMILES string of the molecule is CCOc1ccc(NC(=O)C(=O)Nc2cccc(N(C)C)c2)cc1. The standard InChI is InChI=1S/C18H21N3O3/c1-4-24-16-10-8-13(9-11-16)19-17(22)18(23)20-14-6-5-7-15(12-14)21(2)3/h5-12H,4H2,1-3H3,(H,19,22)(H,20,23). The van der Waals surface area contributed by atoms with Gasteiger partial charge in [0.05, 0.1) is 6.61 Å². The van der Waals surface area contributed by atoms with Crippen LogP contribution in [0.15, 0.2) is 48.5 Å². The zero-order valence-corrected chi connectivity index (χ0v) is 14.0. The predicted octanol–water partition coefficient (Wildman–Crippen LogP) is 2.73. The van der Waals surface area contributed by atoms with Gasteiger partial charge < -0.3 is 20.3 Å². The smallest absolute Gasteiger partial charge is 0.314 e. The molecule has 0 saturated heterocycles. The van der Waals surface area contributed by atoms with E-state index in [1.54, 1.807) is 36.4 Å². The van der Waals surface area contributed by atoms with E-state index in [0.29, 0.717) is 23.7 Å². The van der Waals surface area contributed by atoms with Crippen molar-refractivity contribution >= 4 is 28.9 Å². The number of ether oxygens (including phenoxy) is 1. The molecule has 0 heterocycles. The summed E-state index contributed by atoms with van der Waals surface area (Å²) in [6.07, 6.45) is 0. The maximum atomic E-state index is 12.0. The van der Waals surface area contributed by atoms with Crippen molar-refractivity contribution in [1.82, 2.24) is 0 Å². The molecule has 0 aromatic heterocycles. The molecule has 2 aromatic carbocycles. The molecule has 0 atom stereocenters. The Hall–Kier alpha value is -3.02. The van der Waals surface area contributed by atoms with Crippen molar-refractivity contribution < 1.29 is 14.3 Å². The quantitative estimate of drug-likeness (QED) is 0.829. The van der Waals surface area contributed by atoms with Crippen molar-refractivity contribution in [2.24, 2.45) is 0 Å². The van der Waals surface area contributed by atoms with Crippen LogP contribution in [0.2, 0.25) is 0 Å². The number of carbonyl (C=O) groups is 2. The lowest BCUT2D eigenvalue weighted by atomic mass is 10.2. The third-order valence-corrected chi connectivity index (χ3v) is 3.25. The van der Waals surface area contributed by atoms with Crippen LogP contribution >= 0.6 is 0 Å². The van der Waals surface area contributed by atoms with Gasteiger partial charge in [-0.25, -0.2) is 0 Å². The Kier molecular flexibility index (Phi) is 5.78. The maximum absolute atomic E-state index is 12.0. The zero-order chi connectivity index (χ0) is 17.5. The van der Waals surface area contributed by atoms with E-state index in [1.807, 2.05) is 38.1 Å². The molecule has 0 spiro atoms. The third kappa shape index (κ3) is 4.74. The summed E-state index contributed by atoms with van der Waals surface area (Å²) in [5.41, 5.74) is 2.02. The number of benzene rings is 2. The van der Waals surface area contributed by atoms with Gasteiger partial charge >= 0.3 is 11.8 Å². The van der Waals surface area contributed by atoms with Gasteiger partial charge in [0.1, 0.15) is 5.75 Å². The van der Waals surface area contributed by atoms with Crippen LogP contribution in [0.3, 0.4) is 0 Å². The number of amides is 2. The highest BCUT2D eigenvalue weighted by Crippen LogP contribution is 2.18. The van der Waals surface area contributed by atoms with Crippen LogP contribution in [0.1, 0.15) is 6.92 Å². The molecule has 126 valence electrons. The van der Waals surface area contributed by atoms with Crippen molar-refractivity contribution in [3.05, 3.63) is 48.5 Å². The van der Waals surface area contributed by atoms with Crippen LogP contribution in [-0.2, 0) is 9.59 Å². The van der Waals surface area contributed by atoms with Gasteiger partial charge in [-0.05, 0) is 49.4 Å². The Bertz CT molecular complexity index is 712. The summed E-state index contributed by atoms with van der Waals surface area (Å²) in [4.78, 5) is 25.9. The Morgan fingerprint density at radius 1 is 0.958 bits per heavy atom. The molecule has 24 heavy (non-hydrogen) atoms. The summed E-state index contributed by atoms with van der Waals surface area (Å²) >= 11 is 0. The van der Waals surface area contributed by atoms with E-state index in [4.69, 9.17) is 4.74 Å². The molecule has 0 aliphatic rings. The Balaban J connectivity index is 1.97. The molecule has 0 saturated carbocycles. The highest BCUT2D eigenvalue weighted by molar-refractivity contribution is 6.43. The molecule has 2 rings (SSSR count). The largest absolute Gasteiger partial charge is 0.494 e. The minimum Gasteiger partial charge on any atom is -0.494 e.